The summed E-state index contributed by atoms with van der Waals surface area (Å²) in [5.74, 6) is 1.81. The van der Waals surface area contributed by atoms with Crippen molar-refractivity contribution in [1.82, 2.24) is 0 Å². The molecule has 2 atom stereocenters. The van der Waals surface area contributed by atoms with Gasteiger partial charge in [-0.2, -0.15) is 0 Å². The molecule has 0 fully saturated rings. The van der Waals surface area contributed by atoms with Gasteiger partial charge in [-0.1, -0.05) is 62.3 Å². The van der Waals surface area contributed by atoms with Gasteiger partial charge in [-0.25, -0.2) is 0 Å². The first kappa shape index (κ1) is 19.6. The summed E-state index contributed by atoms with van der Waals surface area (Å²) in [5.41, 5.74) is 6.58. The Kier molecular flexibility index (Phi) is 7.11. The summed E-state index contributed by atoms with van der Waals surface area (Å²) in [6, 6.07) is 4.55. The molecule has 0 heterocycles. The largest absolute Gasteiger partial charge is 0.496 e. The lowest BCUT2D eigenvalue weighted by atomic mass is 9.72. The van der Waals surface area contributed by atoms with E-state index in [1.807, 2.05) is 6.08 Å². The van der Waals surface area contributed by atoms with Crippen molar-refractivity contribution in [2.45, 2.75) is 65.2 Å². The third-order valence-electron chi connectivity index (χ3n) is 5.46. The van der Waals surface area contributed by atoms with E-state index >= 15 is 0 Å². The first-order valence-electron chi connectivity index (χ1n) is 9.67. The lowest BCUT2D eigenvalue weighted by Gasteiger charge is -2.32. The number of aryl methyl sites for hydroxylation is 1. The molecule has 0 radical (unpaired) electrons. The van der Waals surface area contributed by atoms with Gasteiger partial charge in [0.05, 0.1) is 7.11 Å². The summed E-state index contributed by atoms with van der Waals surface area (Å²) in [7, 11) is 1.79. The van der Waals surface area contributed by atoms with Gasteiger partial charge in [-0.05, 0) is 62.6 Å². The molecule has 0 spiro atoms. The van der Waals surface area contributed by atoms with Crippen LogP contribution in [0.15, 0.2) is 42.5 Å². The van der Waals surface area contributed by atoms with Crippen molar-refractivity contribution in [3.63, 3.8) is 0 Å². The highest BCUT2D eigenvalue weighted by Crippen LogP contribution is 2.45. The molecule has 1 aliphatic carbocycles. The SMILES string of the molecule is C=Cc1cc(CCCCC)cc(OC)c1C1C=C(C)CC[C@H]1C(=C)C. The first-order valence-corrected chi connectivity index (χ1v) is 9.67. The van der Waals surface area contributed by atoms with Crippen LogP contribution in [-0.4, -0.2) is 7.11 Å². The molecule has 136 valence electrons. The summed E-state index contributed by atoms with van der Waals surface area (Å²) < 4.78 is 5.84. The molecule has 0 bridgehead atoms. The molecule has 0 aliphatic heterocycles. The Balaban J connectivity index is 2.49. The van der Waals surface area contributed by atoms with Crippen molar-refractivity contribution in [3.8, 4) is 5.75 Å². The average Bonchev–Trinajstić information content (AvgIpc) is 2.60. The van der Waals surface area contributed by atoms with E-state index in [2.05, 4.69) is 52.1 Å². The number of methoxy groups -OCH3 is 1. The summed E-state index contributed by atoms with van der Waals surface area (Å²) in [6.45, 7) is 15.0. The number of hydrogen-bond donors (Lipinski definition) is 0. The van der Waals surface area contributed by atoms with Gasteiger partial charge in [0.25, 0.3) is 0 Å². The summed E-state index contributed by atoms with van der Waals surface area (Å²) in [6.07, 6.45) is 11.6. The second-order valence-electron chi connectivity index (χ2n) is 7.49. The Labute approximate surface area is 154 Å². The van der Waals surface area contributed by atoms with E-state index in [9.17, 15) is 0 Å². The van der Waals surface area contributed by atoms with Crippen molar-refractivity contribution in [3.05, 3.63) is 59.2 Å². The van der Waals surface area contributed by atoms with E-state index in [1.165, 1.54) is 53.5 Å². The Morgan fingerprint density at radius 2 is 2.08 bits per heavy atom. The van der Waals surface area contributed by atoms with Crippen LogP contribution >= 0.6 is 0 Å². The van der Waals surface area contributed by atoms with Crippen molar-refractivity contribution in [1.29, 1.82) is 0 Å². The van der Waals surface area contributed by atoms with Gasteiger partial charge in [0.2, 0.25) is 0 Å². The van der Waals surface area contributed by atoms with Crippen molar-refractivity contribution < 1.29 is 4.74 Å². The minimum Gasteiger partial charge on any atom is -0.496 e. The average molecular weight is 339 g/mol. The number of unbranched alkanes of at least 4 members (excludes halogenated alkanes) is 2. The minimum atomic E-state index is 0.332. The molecule has 1 unspecified atom stereocenters. The van der Waals surface area contributed by atoms with Crippen LogP contribution in [0.1, 0.15) is 75.5 Å². The highest BCUT2D eigenvalue weighted by Gasteiger charge is 2.29. The molecular formula is C24H34O. The molecular weight excluding hydrogens is 304 g/mol. The van der Waals surface area contributed by atoms with Crippen LogP contribution in [0.2, 0.25) is 0 Å². The highest BCUT2D eigenvalue weighted by atomic mass is 16.5. The van der Waals surface area contributed by atoms with Gasteiger partial charge in [-0.3, -0.25) is 0 Å². The van der Waals surface area contributed by atoms with Crippen LogP contribution in [0.3, 0.4) is 0 Å². The molecule has 0 N–H and O–H groups in total. The van der Waals surface area contributed by atoms with E-state index in [1.54, 1.807) is 7.11 Å². The Morgan fingerprint density at radius 3 is 2.68 bits per heavy atom. The van der Waals surface area contributed by atoms with Crippen LogP contribution < -0.4 is 4.74 Å². The van der Waals surface area contributed by atoms with Gasteiger partial charge in [0, 0.05) is 11.5 Å². The van der Waals surface area contributed by atoms with E-state index in [-0.39, 0.29) is 0 Å². The summed E-state index contributed by atoms with van der Waals surface area (Å²) in [4.78, 5) is 0. The predicted molar refractivity (Wildman–Crippen MR) is 110 cm³/mol. The molecule has 0 saturated carbocycles. The number of hydrogen-bond acceptors (Lipinski definition) is 1. The first-order chi connectivity index (χ1) is 12.0. The minimum absolute atomic E-state index is 0.332. The van der Waals surface area contributed by atoms with Gasteiger partial charge < -0.3 is 4.74 Å². The van der Waals surface area contributed by atoms with Crippen LogP contribution in [0.5, 0.6) is 5.75 Å². The quantitative estimate of drug-likeness (QED) is 0.363. The zero-order valence-corrected chi connectivity index (χ0v) is 16.5. The molecule has 2 rings (SSSR count). The maximum atomic E-state index is 5.84. The third kappa shape index (κ3) is 4.66. The number of rotatable bonds is 8. The molecule has 0 amide bonds. The maximum absolute atomic E-state index is 5.84. The predicted octanol–water partition coefficient (Wildman–Crippen LogP) is 7.09. The molecule has 1 aromatic rings. The number of allylic oxidation sites excluding steroid dienone is 3. The van der Waals surface area contributed by atoms with Gasteiger partial charge in [0.15, 0.2) is 0 Å². The topological polar surface area (TPSA) is 9.23 Å². The lowest BCUT2D eigenvalue weighted by Crippen LogP contribution is -2.18. The zero-order valence-electron chi connectivity index (χ0n) is 16.5. The second kappa shape index (κ2) is 9.08. The van der Waals surface area contributed by atoms with Crippen LogP contribution in [0, 0.1) is 5.92 Å². The molecule has 0 saturated heterocycles. The molecule has 1 nitrogen and oxygen atoms in total. The van der Waals surface area contributed by atoms with E-state index in [0.29, 0.717) is 11.8 Å². The van der Waals surface area contributed by atoms with E-state index in [4.69, 9.17) is 4.74 Å². The van der Waals surface area contributed by atoms with Crippen molar-refractivity contribution >= 4 is 6.08 Å². The lowest BCUT2D eigenvalue weighted by molar-refractivity contribution is 0.396. The second-order valence-corrected chi connectivity index (χ2v) is 7.49. The smallest absolute Gasteiger partial charge is 0.123 e. The Bertz CT molecular complexity index is 650. The standard InChI is InChI=1S/C24H34O/c1-7-9-10-11-19-15-20(8-2)24(23(16-19)25-6)22-14-18(5)12-13-21(22)17(3)4/h8,14-16,21-22H,2-3,7,9-13H2,1,4-6H3/t21-,22?/m0/s1. The Hall–Kier alpha value is -1.76. The maximum Gasteiger partial charge on any atom is 0.123 e. The third-order valence-corrected chi connectivity index (χ3v) is 5.46. The number of benzene rings is 1. The number of ether oxygens (including phenoxy) is 1. The van der Waals surface area contributed by atoms with Crippen LogP contribution in [0.4, 0.5) is 0 Å². The molecule has 1 aromatic carbocycles. The summed E-state index contributed by atoms with van der Waals surface area (Å²) >= 11 is 0. The fourth-order valence-corrected chi connectivity index (χ4v) is 4.03. The Morgan fingerprint density at radius 1 is 1.32 bits per heavy atom. The van der Waals surface area contributed by atoms with E-state index in [0.717, 1.165) is 18.6 Å². The summed E-state index contributed by atoms with van der Waals surface area (Å²) in [5, 5.41) is 0. The van der Waals surface area contributed by atoms with Gasteiger partial charge in [-0.15, -0.1) is 0 Å². The molecule has 1 heteroatoms. The van der Waals surface area contributed by atoms with Crippen molar-refractivity contribution in [2.75, 3.05) is 7.11 Å². The zero-order chi connectivity index (χ0) is 18.4. The normalized spacial score (nSPS) is 20.1. The monoisotopic (exact) mass is 338 g/mol. The highest BCUT2D eigenvalue weighted by molar-refractivity contribution is 5.61. The fraction of sp³-hybridized carbons (Fsp3) is 0.500. The van der Waals surface area contributed by atoms with Crippen molar-refractivity contribution in [2.24, 2.45) is 5.92 Å². The van der Waals surface area contributed by atoms with Crippen LogP contribution in [-0.2, 0) is 6.42 Å². The molecule has 25 heavy (non-hydrogen) atoms. The molecule has 0 aromatic heterocycles. The van der Waals surface area contributed by atoms with Crippen LogP contribution in [0.25, 0.3) is 6.08 Å². The van der Waals surface area contributed by atoms with E-state index < -0.39 is 0 Å². The van der Waals surface area contributed by atoms with Gasteiger partial charge >= 0.3 is 0 Å². The fourth-order valence-electron chi connectivity index (χ4n) is 4.03. The van der Waals surface area contributed by atoms with Gasteiger partial charge in [0.1, 0.15) is 5.75 Å². The molecule has 1 aliphatic rings.